The van der Waals surface area contributed by atoms with Crippen LogP contribution in [0, 0.1) is 0 Å². The SMILES string of the molecule is CCC(C)[Si](C)(C)O[Si](c1ccccc1)(c1ccccc1)c1ccccc1. The van der Waals surface area contributed by atoms with Crippen LogP contribution in [0.15, 0.2) is 91.0 Å². The Morgan fingerprint density at radius 3 is 1.30 bits per heavy atom. The summed E-state index contributed by atoms with van der Waals surface area (Å²) in [7, 11) is -4.51. The van der Waals surface area contributed by atoms with Gasteiger partial charge >= 0.3 is 0 Å². The van der Waals surface area contributed by atoms with Crippen molar-refractivity contribution in [2.75, 3.05) is 0 Å². The van der Waals surface area contributed by atoms with Crippen LogP contribution in [-0.4, -0.2) is 16.6 Å². The van der Waals surface area contributed by atoms with Crippen LogP contribution in [0.25, 0.3) is 0 Å². The third kappa shape index (κ3) is 4.00. The highest BCUT2D eigenvalue weighted by Gasteiger charge is 2.47. The molecule has 1 unspecified atom stereocenters. The summed E-state index contributed by atoms with van der Waals surface area (Å²) in [4.78, 5) is 0. The van der Waals surface area contributed by atoms with Crippen molar-refractivity contribution in [2.45, 2.75) is 38.9 Å². The zero-order chi connectivity index (χ0) is 19.3. The van der Waals surface area contributed by atoms with E-state index in [2.05, 4.69) is 118 Å². The summed E-state index contributed by atoms with van der Waals surface area (Å²) in [6.07, 6.45) is 1.15. The zero-order valence-electron chi connectivity index (χ0n) is 16.9. The Kier molecular flexibility index (Phi) is 6.15. The van der Waals surface area contributed by atoms with E-state index in [1.54, 1.807) is 0 Å². The highest BCUT2D eigenvalue weighted by Crippen LogP contribution is 2.29. The molecule has 3 aromatic carbocycles. The van der Waals surface area contributed by atoms with Gasteiger partial charge in [-0.15, -0.1) is 0 Å². The molecule has 27 heavy (non-hydrogen) atoms. The Morgan fingerprint density at radius 2 is 1.00 bits per heavy atom. The minimum Gasteiger partial charge on any atom is -0.446 e. The Labute approximate surface area is 166 Å². The Morgan fingerprint density at radius 1 is 0.667 bits per heavy atom. The van der Waals surface area contributed by atoms with Crippen molar-refractivity contribution in [3.8, 4) is 0 Å². The first-order valence-corrected chi connectivity index (χ1v) is 14.8. The third-order valence-corrected chi connectivity index (χ3v) is 15.3. The lowest BCUT2D eigenvalue weighted by atomic mass is 10.3. The normalized spacial score (nSPS) is 13.3. The molecular formula is C24H30OSi2. The van der Waals surface area contributed by atoms with E-state index >= 15 is 0 Å². The van der Waals surface area contributed by atoms with Crippen LogP contribution in [0.5, 0.6) is 0 Å². The van der Waals surface area contributed by atoms with Gasteiger partial charge in [-0.25, -0.2) is 0 Å². The summed E-state index contributed by atoms with van der Waals surface area (Å²) < 4.78 is 7.41. The molecule has 0 aliphatic heterocycles. The van der Waals surface area contributed by atoms with Crippen LogP contribution in [0.3, 0.4) is 0 Å². The highest BCUT2D eigenvalue weighted by molar-refractivity contribution is 7.10. The number of hydrogen-bond donors (Lipinski definition) is 0. The van der Waals surface area contributed by atoms with Crippen molar-refractivity contribution in [3.05, 3.63) is 91.0 Å². The van der Waals surface area contributed by atoms with Gasteiger partial charge in [0.1, 0.15) is 0 Å². The van der Waals surface area contributed by atoms with Gasteiger partial charge < -0.3 is 4.12 Å². The molecule has 0 bridgehead atoms. The predicted molar refractivity (Wildman–Crippen MR) is 122 cm³/mol. The van der Waals surface area contributed by atoms with Gasteiger partial charge in [-0.2, -0.15) is 0 Å². The number of rotatable bonds is 7. The molecule has 3 rings (SSSR count). The molecule has 0 N–H and O–H groups in total. The van der Waals surface area contributed by atoms with Gasteiger partial charge in [0.05, 0.1) is 0 Å². The van der Waals surface area contributed by atoms with Crippen LogP contribution >= 0.6 is 0 Å². The van der Waals surface area contributed by atoms with Gasteiger partial charge in [-0.05, 0) is 34.2 Å². The molecule has 0 aliphatic rings. The second-order valence-electron chi connectivity index (χ2n) is 7.79. The minimum atomic E-state index is -2.58. The van der Waals surface area contributed by atoms with Gasteiger partial charge in [-0.3, -0.25) is 0 Å². The highest BCUT2D eigenvalue weighted by atomic mass is 28.4. The monoisotopic (exact) mass is 390 g/mol. The van der Waals surface area contributed by atoms with E-state index in [0.717, 1.165) is 6.42 Å². The summed E-state index contributed by atoms with van der Waals surface area (Å²) >= 11 is 0. The fourth-order valence-corrected chi connectivity index (χ4v) is 13.0. The van der Waals surface area contributed by atoms with E-state index in [1.165, 1.54) is 15.6 Å². The van der Waals surface area contributed by atoms with Crippen molar-refractivity contribution in [1.29, 1.82) is 0 Å². The average Bonchev–Trinajstić information content (AvgIpc) is 2.73. The van der Waals surface area contributed by atoms with Crippen molar-refractivity contribution >= 4 is 32.2 Å². The smallest absolute Gasteiger partial charge is 0.278 e. The van der Waals surface area contributed by atoms with Gasteiger partial charge in [0, 0.05) is 0 Å². The molecule has 0 amide bonds. The van der Waals surface area contributed by atoms with Crippen LogP contribution in [0.4, 0.5) is 0 Å². The molecule has 0 spiro atoms. The summed E-state index contributed by atoms with van der Waals surface area (Å²) in [6, 6.07) is 32.7. The average molecular weight is 391 g/mol. The second kappa shape index (κ2) is 8.38. The molecule has 0 fully saturated rings. The maximum absolute atomic E-state index is 7.41. The third-order valence-electron chi connectivity index (χ3n) is 5.76. The standard InChI is InChI=1S/C24H30OSi2/c1-5-21(2)26(3,4)25-27(22-15-9-6-10-16-22,23-17-11-7-12-18-23)24-19-13-8-14-20-24/h6-21H,5H2,1-4H3. The topological polar surface area (TPSA) is 9.23 Å². The van der Waals surface area contributed by atoms with E-state index in [4.69, 9.17) is 4.12 Å². The molecule has 0 saturated heterocycles. The van der Waals surface area contributed by atoms with Gasteiger partial charge in [0.2, 0.25) is 0 Å². The van der Waals surface area contributed by atoms with Crippen LogP contribution in [0.1, 0.15) is 20.3 Å². The van der Waals surface area contributed by atoms with E-state index in [1.807, 2.05) is 0 Å². The first-order chi connectivity index (χ1) is 13.0. The van der Waals surface area contributed by atoms with Gasteiger partial charge in [-0.1, -0.05) is 111 Å². The van der Waals surface area contributed by atoms with Crippen molar-refractivity contribution in [1.82, 2.24) is 0 Å². The minimum absolute atomic E-state index is 0.598. The van der Waals surface area contributed by atoms with Crippen molar-refractivity contribution in [2.24, 2.45) is 0 Å². The molecule has 3 aromatic rings. The Hall–Kier alpha value is -1.95. The fourth-order valence-electron chi connectivity index (χ4n) is 3.68. The molecule has 3 heteroatoms. The van der Waals surface area contributed by atoms with Crippen LogP contribution in [0.2, 0.25) is 18.6 Å². The molecule has 0 saturated carbocycles. The lowest BCUT2D eigenvalue weighted by molar-refractivity contribution is 0.540. The predicted octanol–water partition coefficient (Wildman–Crippen LogP) is 4.68. The lowest BCUT2D eigenvalue weighted by Crippen LogP contribution is -2.72. The molecule has 140 valence electrons. The van der Waals surface area contributed by atoms with Crippen LogP contribution < -0.4 is 15.6 Å². The summed E-state index contributed by atoms with van der Waals surface area (Å²) in [5.41, 5.74) is 0.598. The van der Waals surface area contributed by atoms with E-state index in [-0.39, 0.29) is 0 Å². The molecule has 1 nitrogen and oxygen atoms in total. The summed E-state index contributed by atoms with van der Waals surface area (Å²) in [6.45, 7) is 9.40. The Balaban J connectivity index is 2.29. The second-order valence-corrected chi connectivity index (χ2v) is 15.9. The fraction of sp³-hybridized carbons (Fsp3) is 0.250. The quantitative estimate of drug-likeness (QED) is 0.420. The first-order valence-electron chi connectivity index (χ1n) is 9.87. The molecule has 1 atom stereocenters. The molecule has 0 aromatic heterocycles. The van der Waals surface area contributed by atoms with Gasteiger partial charge in [0.15, 0.2) is 8.32 Å². The lowest BCUT2D eigenvalue weighted by Gasteiger charge is -2.42. The summed E-state index contributed by atoms with van der Waals surface area (Å²) in [5, 5.41) is 3.98. The zero-order valence-corrected chi connectivity index (χ0v) is 18.9. The van der Waals surface area contributed by atoms with E-state index in [9.17, 15) is 0 Å². The molecule has 0 aliphatic carbocycles. The number of benzene rings is 3. The molecule has 0 radical (unpaired) electrons. The largest absolute Gasteiger partial charge is 0.446 e. The van der Waals surface area contributed by atoms with Crippen molar-refractivity contribution in [3.63, 3.8) is 0 Å². The Bertz CT molecular complexity index is 735. The van der Waals surface area contributed by atoms with Crippen LogP contribution in [-0.2, 0) is 4.12 Å². The maximum atomic E-state index is 7.41. The molecule has 0 heterocycles. The van der Waals surface area contributed by atoms with Crippen molar-refractivity contribution < 1.29 is 4.12 Å². The van der Waals surface area contributed by atoms with E-state index < -0.39 is 16.6 Å². The number of hydrogen-bond acceptors (Lipinski definition) is 1. The first kappa shape index (κ1) is 19.8. The summed E-state index contributed by atoms with van der Waals surface area (Å²) in [5.74, 6) is 0. The maximum Gasteiger partial charge on any atom is 0.278 e. The van der Waals surface area contributed by atoms with Gasteiger partial charge in [0.25, 0.3) is 8.32 Å². The molecular weight excluding hydrogens is 360 g/mol. The van der Waals surface area contributed by atoms with E-state index in [0.29, 0.717) is 5.54 Å².